The Kier molecular flexibility index (Phi) is 3.25. The molecule has 1 saturated heterocycles. The van der Waals surface area contributed by atoms with Gasteiger partial charge in [0.1, 0.15) is 0 Å². The fraction of sp³-hybridized carbons (Fsp3) is 0.462. The molecule has 1 aliphatic rings. The van der Waals surface area contributed by atoms with Gasteiger partial charge in [0.2, 0.25) is 0 Å². The molecule has 1 heterocycles. The molecule has 1 unspecified atom stereocenters. The first kappa shape index (κ1) is 11.1. The third-order valence-corrected chi connectivity index (χ3v) is 3.18. The van der Waals surface area contributed by atoms with Crippen LogP contribution in [0, 0.1) is 12.8 Å². The number of hydrogen-bond acceptors (Lipinski definition) is 3. The zero-order valence-corrected chi connectivity index (χ0v) is 9.69. The Morgan fingerprint density at radius 3 is 2.44 bits per heavy atom. The quantitative estimate of drug-likeness (QED) is 0.782. The molecule has 0 spiro atoms. The van der Waals surface area contributed by atoms with Gasteiger partial charge in [0.15, 0.2) is 0 Å². The number of carbonyl (C=O) groups excluding carboxylic acids is 1. The molecule has 1 N–H and O–H groups in total. The van der Waals surface area contributed by atoms with E-state index in [0.29, 0.717) is 5.92 Å². The number of aryl methyl sites for hydroxylation is 1. The van der Waals surface area contributed by atoms with Crippen molar-refractivity contribution in [1.82, 2.24) is 5.32 Å². The van der Waals surface area contributed by atoms with Crippen LogP contribution in [0.4, 0.5) is 0 Å². The van der Waals surface area contributed by atoms with Crippen LogP contribution >= 0.6 is 0 Å². The molecular formula is C13H17NO2. The fourth-order valence-electron chi connectivity index (χ4n) is 2.05. The zero-order chi connectivity index (χ0) is 11.5. The molecule has 1 atom stereocenters. The van der Waals surface area contributed by atoms with Crippen LogP contribution in [0.3, 0.4) is 0 Å². The van der Waals surface area contributed by atoms with Crippen LogP contribution in [0.25, 0.3) is 0 Å². The molecule has 0 radical (unpaired) electrons. The number of benzene rings is 1. The average molecular weight is 219 g/mol. The van der Waals surface area contributed by atoms with Gasteiger partial charge in [0.05, 0.1) is 13.0 Å². The summed E-state index contributed by atoms with van der Waals surface area (Å²) in [5, 5.41) is 3.19. The van der Waals surface area contributed by atoms with Crippen LogP contribution in [0.15, 0.2) is 24.3 Å². The molecule has 0 saturated carbocycles. The van der Waals surface area contributed by atoms with Gasteiger partial charge in [-0.05, 0) is 12.5 Å². The Bertz CT molecular complexity index is 368. The van der Waals surface area contributed by atoms with Gasteiger partial charge in [0, 0.05) is 19.0 Å². The largest absolute Gasteiger partial charge is 0.469 e. The Balaban J connectivity index is 2.23. The second-order valence-corrected chi connectivity index (χ2v) is 4.33. The van der Waals surface area contributed by atoms with E-state index in [4.69, 9.17) is 4.74 Å². The molecule has 0 aliphatic carbocycles. The van der Waals surface area contributed by atoms with E-state index >= 15 is 0 Å². The summed E-state index contributed by atoms with van der Waals surface area (Å²) in [5.74, 6) is 0.123. The summed E-state index contributed by atoms with van der Waals surface area (Å²) >= 11 is 0. The maximum Gasteiger partial charge on any atom is 0.313 e. The topological polar surface area (TPSA) is 38.3 Å². The van der Waals surface area contributed by atoms with Crippen LogP contribution in [0.5, 0.6) is 0 Å². The van der Waals surface area contributed by atoms with E-state index in [0.717, 1.165) is 18.7 Å². The zero-order valence-electron chi connectivity index (χ0n) is 9.69. The van der Waals surface area contributed by atoms with Crippen LogP contribution in [0.1, 0.15) is 17.0 Å². The normalized spacial score (nSPS) is 17.6. The van der Waals surface area contributed by atoms with Crippen molar-refractivity contribution in [2.75, 3.05) is 20.2 Å². The average Bonchev–Trinajstić information content (AvgIpc) is 2.24. The van der Waals surface area contributed by atoms with E-state index < -0.39 is 0 Å². The minimum atomic E-state index is -0.129. The molecule has 0 aromatic heterocycles. The highest BCUT2D eigenvalue weighted by Crippen LogP contribution is 2.29. The van der Waals surface area contributed by atoms with Crippen molar-refractivity contribution >= 4 is 5.97 Å². The van der Waals surface area contributed by atoms with Crippen molar-refractivity contribution in [3.8, 4) is 0 Å². The maximum atomic E-state index is 11.8. The molecule has 1 fully saturated rings. The van der Waals surface area contributed by atoms with Crippen molar-refractivity contribution < 1.29 is 9.53 Å². The Morgan fingerprint density at radius 1 is 1.38 bits per heavy atom. The highest BCUT2D eigenvalue weighted by Gasteiger charge is 2.34. The lowest BCUT2D eigenvalue weighted by Crippen LogP contribution is -2.47. The van der Waals surface area contributed by atoms with Crippen molar-refractivity contribution in [2.24, 2.45) is 5.92 Å². The molecule has 3 heteroatoms. The van der Waals surface area contributed by atoms with E-state index in [1.54, 1.807) is 0 Å². The monoisotopic (exact) mass is 219 g/mol. The number of rotatable bonds is 3. The van der Waals surface area contributed by atoms with Gasteiger partial charge >= 0.3 is 5.97 Å². The van der Waals surface area contributed by atoms with Crippen LogP contribution in [-0.2, 0) is 9.53 Å². The van der Waals surface area contributed by atoms with E-state index in [-0.39, 0.29) is 11.9 Å². The summed E-state index contributed by atoms with van der Waals surface area (Å²) in [6.07, 6.45) is 0. The summed E-state index contributed by atoms with van der Waals surface area (Å²) < 4.78 is 4.89. The third kappa shape index (κ3) is 2.09. The fourth-order valence-corrected chi connectivity index (χ4v) is 2.05. The predicted molar refractivity (Wildman–Crippen MR) is 62.3 cm³/mol. The second kappa shape index (κ2) is 4.66. The molecule has 3 nitrogen and oxygen atoms in total. The van der Waals surface area contributed by atoms with Gasteiger partial charge in [-0.1, -0.05) is 29.8 Å². The summed E-state index contributed by atoms with van der Waals surface area (Å²) in [7, 11) is 1.45. The van der Waals surface area contributed by atoms with Gasteiger partial charge in [0.25, 0.3) is 0 Å². The van der Waals surface area contributed by atoms with Crippen LogP contribution < -0.4 is 5.32 Å². The van der Waals surface area contributed by atoms with E-state index in [2.05, 4.69) is 5.32 Å². The molecule has 0 amide bonds. The lowest BCUT2D eigenvalue weighted by atomic mass is 9.82. The molecule has 16 heavy (non-hydrogen) atoms. The van der Waals surface area contributed by atoms with E-state index in [9.17, 15) is 4.79 Å². The van der Waals surface area contributed by atoms with Gasteiger partial charge in [-0.2, -0.15) is 0 Å². The molecule has 0 bridgehead atoms. The lowest BCUT2D eigenvalue weighted by Gasteiger charge is -2.33. The number of ether oxygens (including phenoxy) is 1. The first-order valence-corrected chi connectivity index (χ1v) is 5.57. The molecule has 1 aromatic rings. The number of esters is 1. The second-order valence-electron chi connectivity index (χ2n) is 4.33. The maximum absolute atomic E-state index is 11.8. The predicted octanol–water partition coefficient (Wildman–Crippen LogP) is 1.47. The number of methoxy groups -OCH3 is 1. The number of hydrogen-bond donors (Lipinski definition) is 1. The summed E-state index contributed by atoms with van der Waals surface area (Å²) in [6, 6.07) is 8.12. The highest BCUT2D eigenvalue weighted by atomic mass is 16.5. The van der Waals surface area contributed by atoms with Crippen molar-refractivity contribution in [2.45, 2.75) is 12.8 Å². The lowest BCUT2D eigenvalue weighted by molar-refractivity contribution is -0.144. The minimum Gasteiger partial charge on any atom is -0.469 e. The SMILES string of the molecule is COC(=O)C(c1ccc(C)cc1)C1CNC1. The molecule has 1 aromatic carbocycles. The first-order chi connectivity index (χ1) is 7.72. The summed E-state index contributed by atoms with van der Waals surface area (Å²) in [4.78, 5) is 11.8. The highest BCUT2D eigenvalue weighted by molar-refractivity contribution is 5.78. The van der Waals surface area contributed by atoms with Gasteiger partial charge < -0.3 is 10.1 Å². The smallest absolute Gasteiger partial charge is 0.313 e. The van der Waals surface area contributed by atoms with Gasteiger partial charge in [-0.15, -0.1) is 0 Å². The number of carbonyl (C=O) groups is 1. The summed E-state index contributed by atoms with van der Waals surface area (Å²) in [5.41, 5.74) is 2.27. The molecular weight excluding hydrogens is 202 g/mol. The van der Waals surface area contributed by atoms with E-state index in [1.807, 2.05) is 31.2 Å². The van der Waals surface area contributed by atoms with Gasteiger partial charge in [-0.3, -0.25) is 4.79 Å². The van der Waals surface area contributed by atoms with Crippen LogP contribution in [-0.4, -0.2) is 26.2 Å². The Hall–Kier alpha value is -1.35. The summed E-state index contributed by atoms with van der Waals surface area (Å²) in [6.45, 7) is 3.84. The Morgan fingerprint density at radius 2 is 2.00 bits per heavy atom. The van der Waals surface area contributed by atoms with E-state index in [1.165, 1.54) is 12.7 Å². The standard InChI is InChI=1S/C13H17NO2/c1-9-3-5-10(6-4-9)12(13(15)16-2)11-7-14-8-11/h3-6,11-12,14H,7-8H2,1-2H3. The number of nitrogens with one attached hydrogen (secondary N) is 1. The molecule has 86 valence electrons. The van der Waals surface area contributed by atoms with Crippen LogP contribution in [0.2, 0.25) is 0 Å². The van der Waals surface area contributed by atoms with Gasteiger partial charge in [-0.25, -0.2) is 0 Å². The minimum absolute atomic E-state index is 0.119. The first-order valence-electron chi connectivity index (χ1n) is 5.57. The third-order valence-electron chi connectivity index (χ3n) is 3.18. The van der Waals surface area contributed by atoms with Crippen molar-refractivity contribution in [1.29, 1.82) is 0 Å². The molecule has 2 rings (SSSR count). The van der Waals surface area contributed by atoms with Crippen molar-refractivity contribution in [3.05, 3.63) is 35.4 Å². The van der Waals surface area contributed by atoms with Crippen molar-refractivity contribution in [3.63, 3.8) is 0 Å². The molecule has 1 aliphatic heterocycles. The Labute approximate surface area is 95.8 Å².